The molecule has 1 aliphatic heterocycles. The van der Waals surface area contributed by atoms with Gasteiger partial charge in [0.15, 0.2) is 0 Å². The molecule has 1 aliphatic rings. The molecule has 0 radical (unpaired) electrons. The number of thioether (sulfide) groups is 1. The van der Waals surface area contributed by atoms with E-state index in [2.05, 4.69) is 32.0 Å². The summed E-state index contributed by atoms with van der Waals surface area (Å²) in [5.74, 6) is 1.10. The minimum absolute atomic E-state index is 0.215. The fraction of sp³-hybridized carbons (Fsp3) is 0.562. The van der Waals surface area contributed by atoms with Crippen molar-refractivity contribution in [2.75, 3.05) is 25.4 Å². The van der Waals surface area contributed by atoms with Gasteiger partial charge in [-0.2, -0.15) is 0 Å². The maximum atomic E-state index is 12.2. The van der Waals surface area contributed by atoms with Crippen LogP contribution in [-0.4, -0.2) is 41.4 Å². The number of likely N-dealkylation sites (tertiary alicyclic amines) is 1. The lowest BCUT2D eigenvalue weighted by Crippen LogP contribution is -2.40. The number of aliphatic hydroxyl groups is 1. The van der Waals surface area contributed by atoms with Gasteiger partial charge in [0.1, 0.15) is 0 Å². The van der Waals surface area contributed by atoms with E-state index in [0.717, 1.165) is 25.9 Å². The molecule has 0 saturated carbocycles. The Morgan fingerprint density at radius 3 is 2.70 bits per heavy atom. The summed E-state index contributed by atoms with van der Waals surface area (Å²) >= 11 is 1.63. The standard InChI is InChI=1S/C16H23NO2S/c1-12-3-4-13(2)15(9-12)20-11-16(19)17-7-5-14(10-18)6-8-17/h3-4,9,14,18H,5-8,10-11H2,1-2H3. The van der Waals surface area contributed by atoms with Crippen molar-refractivity contribution in [2.45, 2.75) is 31.6 Å². The van der Waals surface area contributed by atoms with Crippen molar-refractivity contribution >= 4 is 17.7 Å². The number of rotatable bonds is 4. The molecule has 1 saturated heterocycles. The lowest BCUT2D eigenvalue weighted by Gasteiger charge is -2.31. The first kappa shape index (κ1) is 15.4. The predicted molar refractivity (Wildman–Crippen MR) is 83.0 cm³/mol. The van der Waals surface area contributed by atoms with Crippen LogP contribution in [0.4, 0.5) is 0 Å². The van der Waals surface area contributed by atoms with Gasteiger partial charge >= 0.3 is 0 Å². The average Bonchev–Trinajstić information content (AvgIpc) is 2.48. The highest BCUT2D eigenvalue weighted by atomic mass is 32.2. The Labute approximate surface area is 125 Å². The number of aliphatic hydroxyl groups excluding tert-OH is 1. The lowest BCUT2D eigenvalue weighted by atomic mass is 9.98. The van der Waals surface area contributed by atoms with E-state index in [1.54, 1.807) is 11.8 Å². The number of hydrogen-bond donors (Lipinski definition) is 1. The van der Waals surface area contributed by atoms with Crippen LogP contribution in [0.15, 0.2) is 23.1 Å². The number of benzene rings is 1. The zero-order valence-corrected chi connectivity index (χ0v) is 13.1. The molecular formula is C16H23NO2S. The summed E-state index contributed by atoms with van der Waals surface area (Å²) in [6.07, 6.45) is 1.85. The number of carbonyl (C=O) groups excluding carboxylic acids is 1. The summed E-state index contributed by atoms with van der Waals surface area (Å²) in [4.78, 5) is 15.3. The number of nitrogens with zero attached hydrogens (tertiary/aromatic N) is 1. The van der Waals surface area contributed by atoms with Gasteiger partial charge in [-0.1, -0.05) is 17.7 Å². The first-order valence-corrected chi connectivity index (χ1v) is 8.17. The van der Waals surface area contributed by atoms with Crippen molar-refractivity contribution in [3.63, 3.8) is 0 Å². The van der Waals surface area contributed by atoms with Crippen LogP contribution in [-0.2, 0) is 4.79 Å². The van der Waals surface area contributed by atoms with Gasteiger partial charge in [0.2, 0.25) is 5.91 Å². The topological polar surface area (TPSA) is 40.5 Å². The SMILES string of the molecule is Cc1ccc(C)c(SCC(=O)N2CCC(CO)CC2)c1. The molecule has 0 unspecified atom stereocenters. The normalized spacial score (nSPS) is 16.4. The highest BCUT2D eigenvalue weighted by Gasteiger charge is 2.22. The minimum atomic E-state index is 0.215. The first-order valence-electron chi connectivity index (χ1n) is 7.19. The van der Waals surface area contributed by atoms with E-state index in [4.69, 9.17) is 5.11 Å². The molecule has 1 heterocycles. The summed E-state index contributed by atoms with van der Waals surface area (Å²) in [6.45, 7) is 5.98. The van der Waals surface area contributed by atoms with Gasteiger partial charge in [0.05, 0.1) is 5.75 Å². The van der Waals surface area contributed by atoms with Crippen molar-refractivity contribution in [1.82, 2.24) is 4.90 Å². The van der Waals surface area contributed by atoms with Gasteiger partial charge in [0, 0.05) is 24.6 Å². The van der Waals surface area contributed by atoms with Crippen LogP contribution < -0.4 is 0 Å². The van der Waals surface area contributed by atoms with Gasteiger partial charge < -0.3 is 10.0 Å². The Morgan fingerprint density at radius 2 is 2.05 bits per heavy atom. The summed E-state index contributed by atoms with van der Waals surface area (Å²) in [6, 6.07) is 6.35. The van der Waals surface area contributed by atoms with E-state index in [0.29, 0.717) is 11.7 Å². The summed E-state index contributed by atoms with van der Waals surface area (Å²) in [5.41, 5.74) is 2.46. The van der Waals surface area contributed by atoms with Crippen LogP contribution in [0.5, 0.6) is 0 Å². The van der Waals surface area contributed by atoms with Gasteiger partial charge in [-0.05, 0) is 44.2 Å². The number of amides is 1. The quantitative estimate of drug-likeness (QED) is 0.868. The van der Waals surface area contributed by atoms with E-state index in [1.165, 1.54) is 16.0 Å². The molecule has 0 aliphatic carbocycles. The van der Waals surface area contributed by atoms with E-state index >= 15 is 0 Å². The molecule has 0 aromatic heterocycles. The number of carbonyl (C=O) groups is 1. The second kappa shape index (κ2) is 7.14. The molecule has 0 bridgehead atoms. The second-order valence-corrected chi connectivity index (χ2v) is 6.58. The lowest BCUT2D eigenvalue weighted by molar-refractivity contribution is -0.129. The summed E-state index contributed by atoms with van der Waals surface area (Å²) in [5, 5.41) is 9.12. The second-order valence-electron chi connectivity index (χ2n) is 5.56. The largest absolute Gasteiger partial charge is 0.396 e. The number of aryl methyl sites for hydroxylation is 2. The van der Waals surface area contributed by atoms with E-state index in [-0.39, 0.29) is 12.5 Å². The molecule has 2 rings (SSSR count). The van der Waals surface area contributed by atoms with Gasteiger partial charge in [-0.3, -0.25) is 4.79 Å². The van der Waals surface area contributed by atoms with Crippen LogP contribution in [0.1, 0.15) is 24.0 Å². The van der Waals surface area contributed by atoms with E-state index < -0.39 is 0 Å². The van der Waals surface area contributed by atoms with Gasteiger partial charge in [-0.15, -0.1) is 11.8 Å². The van der Waals surface area contributed by atoms with Crippen LogP contribution in [0.25, 0.3) is 0 Å². The van der Waals surface area contributed by atoms with Crippen LogP contribution in [0, 0.1) is 19.8 Å². The number of hydrogen-bond acceptors (Lipinski definition) is 3. The van der Waals surface area contributed by atoms with Crippen molar-refractivity contribution in [1.29, 1.82) is 0 Å². The minimum Gasteiger partial charge on any atom is -0.396 e. The van der Waals surface area contributed by atoms with E-state index in [9.17, 15) is 4.79 Å². The molecule has 0 atom stereocenters. The Morgan fingerprint density at radius 1 is 1.35 bits per heavy atom. The maximum absolute atomic E-state index is 12.2. The van der Waals surface area contributed by atoms with E-state index in [1.807, 2.05) is 4.90 Å². The fourth-order valence-corrected chi connectivity index (χ4v) is 3.49. The smallest absolute Gasteiger partial charge is 0.232 e. The molecular weight excluding hydrogens is 270 g/mol. The summed E-state index contributed by atoms with van der Waals surface area (Å²) in [7, 11) is 0. The molecule has 1 fully saturated rings. The zero-order chi connectivity index (χ0) is 14.5. The van der Waals surface area contributed by atoms with Crippen molar-refractivity contribution in [2.24, 2.45) is 5.92 Å². The Bertz CT molecular complexity index is 468. The van der Waals surface area contributed by atoms with Gasteiger partial charge in [0.25, 0.3) is 0 Å². The highest BCUT2D eigenvalue weighted by Crippen LogP contribution is 2.24. The summed E-state index contributed by atoms with van der Waals surface area (Å²) < 4.78 is 0. The molecule has 1 N–H and O–H groups in total. The van der Waals surface area contributed by atoms with Gasteiger partial charge in [-0.25, -0.2) is 0 Å². The molecule has 20 heavy (non-hydrogen) atoms. The zero-order valence-electron chi connectivity index (χ0n) is 12.3. The Hall–Kier alpha value is -1.00. The average molecular weight is 293 g/mol. The molecule has 1 amide bonds. The molecule has 0 spiro atoms. The first-order chi connectivity index (χ1) is 9.60. The molecule has 1 aromatic carbocycles. The van der Waals surface area contributed by atoms with Crippen molar-refractivity contribution < 1.29 is 9.90 Å². The monoisotopic (exact) mass is 293 g/mol. The molecule has 110 valence electrons. The third kappa shape index (κ3) is 4.00. The number of piperidine rings is 1. The predicted octanol–water partition coefficient (Wildman–Crippen LogP) is 2.63. The Kier molecular flexibility index (Phi) is 5.49. The maximum Gasteiger partial charge on any atom is 0.232 e. The third-order valence-electron chi connectivity index (χ3n) is 3.92. The Balaban J connectivity index is 1.85. The van der Waals surface area contributed by atoms with Crippen molar-refractivity contribution in [3.8, 4) is 0 Å². The van der Waals surface area contributed by atoms with Crippen LogP contribution >= 0.6 is 11.8 Å². The molecule has 3 nitrogen and oxygen atoms in total. The molecule has 1 aromatic rings. The third-order valence-corrected chi connectivity index (χ3v) is 5.06. The van der Waals surface area contributed by atoms with Crippen LogP contribution in [0.3, 0.4) is 0 Å². The van der Waals surface area contributed by atoms with Crippen LogP contribution in [0.2, 0.25) is 0 Å². The molecule has 4 heteroatoms. The fourth-order valence-electron chi connectivity index (χ4n) is 2.46. The van der Waals surface area contributed by atoms with Crippen molar-refractivity contribution in [3.05, 3.63) is 29.3 Å². The highest BCUT2D eigenvalue weighted by molar-refractivity contribution is 8.00.